The van der Waals surface area contributed by atoms with E-state index in [1.54, 1.807) is 12.1 Å². The molecule has 1 aromatic heterocycles. The van der Waals surface area contributed by atoms with Crippen molar-refractivity contribution in [3.8, 4) is 0 Å². The molecule has 1 aromatic rings. The van der Waals surface area contributed by atoms with Crippen LogP contribution >= 0.6 is 27.3 Å². The number of hydrogen-bond acceptors (Lipinski definition) is 4. The van der Waals surface area contributed by atoms with Gasteiger partial charge in [-0.25, -0.2) is 13.1 Å². The molecule has 0 unspecified atom stereocenters. The normalized spacial score (nSPS) is 24.3. The van der Waals surface area contributed by atoms with Gasteiger partial charge in [-0.3, -0.25) is 4.79 Å². The zero-order valence-corrected chi connectivity index (χ0v) is 13.2. The molecule has 1 heterocycles. The van der Waals surface area contributed by atoms with E-state index in [1.807, 2.05) is 0 Å². The van der Waals surface area contributed by atoms with Crippen molar-refractivity contribution in [2.24, 2.45) is 5.92 Å². The predicted octanol–water partition coefficient (Wildman–Crippen LogP) is 2.43. The van der Waals surface area contributed by atoms with Crippen LogP contribution < -0.4 is 4.72 Å². The van der Waals surface area contributed by atoms with Crippen LogP contribution in [0.5, 0.6) is 0 Å². The largest absolute Gasteiger partial charge is 0.481 e. The molecule has 1 saturated carbocycles. The smallest absolute Gasteiger partial charge is 0.306 e. The fourth-order valence-electron chi connectivity index (χ4n) is 2.18. The molecule has 5 nitrogen and oxygen atoms in total. The molecule has 0 atom stereocenters. The number of carbonyl (C=O) groups is 1. The van der Waals surface area contributed by atoms with Gasteiger partial charge < -0.3 is 5.11 Å². The Labute approximate surface area is 124 Å². The lowest BCUT2D eigenvalue weighted by molar-refractivity contribution is -0.142. The summed E-state index contributed by atoms with van der Waals surface area (Å²) in [5, 5.41) is 8.90. The maximum atomic E-state index is 12.1. The lowest BCUT2D eigenvalue weighted by Crippen LogP contribution is -2.38. The highest BCUT2D eigenvalue weighted by atomic mass is 79.9. The van der Waals surface area contributed by atoms with E-state index in [4.69, 9.17) is 5.11 Å². The van der Waals surface area contributed by atoms with Crippen LogP contribution in [0.3, 0.4) is 0 Å². The van der Waals surface area contributed by atoms with Gasteiger partial charge in [-0.15, -0.1) is 11.3 Å². The Kier molecular flexibility index (Phi) is 4.65. The standard InChI is InChI=1S/C11H14BrNO4S2/c12-9-5-6-10(18-9)19(16,17)13-8-3-1-7(2-4-8)11(14)15/h5-8,13H,1-4H2,(H,14,15). The van der Waals surface area contributed by atoms with Crippen LogP contribution in [0.4, 0.5) is 0 Å². The van der Waals surface area contributed by atoms with E-state index in [-0.39, 0.29) is 16.2 Å². The van der Waals surface area contributed by atoms with Gasteiger partial charge in [0, 0.05) is 6.04 Å². The summed E-state index contributed by atoms with van der Waals surface area (Å²) in [6.45, 7) is 0. The van der Waals surface area contributed by atoms with Crippen molar-refractivity contribution < 1.29 is 18.3 Å². The van der Waals surface area contributed by atoms with E-state index < -0.39 is 16.0 Å². The highest BCUT2D eigenvalue weighted by Gasteiger charge is 2.29. The fourth-order valence-corrected chi connectivity index (χ4v) is 5.51. The number of thiophene rings is 1. The zero-order chi connectivity index (χ0) is 14.0. The van der Waals surface area contributed by atoms with Crippen molar-refractivity contribution in [1.29, 1.82) is 0 Å². The molecule has 0 aliphatic heterocycles. The van der Waals surface area contributed by atoms with Crippen LogP contribution in [0.15, 0.2) is 20.1 Å². The molecular formula is C11H14BrNO4S2. The second-order valence-electron chi connectivity index (χ2n) is 4.57. The molecule has 19 heavy (non-hydrogen) atoms. The predicted molar refractivity (Wildman–Crippen MR) is 75.7 cm³/mol. The van der Waals surface area contributed by atoms with Gasteiger partial charge in [-0.2, -0.15) is 0 Å². The number of aliphatic carboxylic acids is 1. The average Bonchev–Trinajstić information content (AvgIpc) is 2.77. The molecule has 1 fully saturated rings. The maximum absolute atomic E-state index is 12.1. The molecule has 0 radical (unpaired) electrons. The number of carboxylic acid groups (broad SMARTS) is 1. The summed E-state index contributed by atoms with van der Waals surface area (Å²) in [5.74, 6) is -1.12. The Morgan fingerprint density at radius 3 is 2.42 bits per heavy atom. The number of hydrogen-bond donors (Lipinski definition) is 2. The average molecular weight is 368 g/mol. The van der Waals surface area contributed by atoms with Gasteiger partial charge in [0.15, 0.2) is 0 Å². The molecule has 2 rings (SSSR count). The van der Waals surface area contributed by atoms with Crippen molar-refractivity contribution in [3.63, 3.8) is 0 Å². The van der Waals surface area contributed by atoms with Crippen molar-refractivity contribution in [3.05, 3.63) is 15.9 Å². The summed E-state index contributed by atoms with van der Waals surface area (Å²) in [7, 11) is -3.49. The maximum Gasteiger partial charge on any atom is 0.306 e. The molecule has 0 amide bonds. The highest BCUT2D eigenvalue weighted by Crippen LogP contribution is 2.28. The highest BCUT2D eigenvalue weighted by molar-refractivity contribution is 9.11. The molecular weight excluding hydrogens is 354 g/mol. The Bertz CT molecular complexity index is 561. The minimum atomic E-state index is -3.49. The third-order valence-corrected chi connectivity index (χ3v) is 6.85. The van der Waals surface area contributed by atoms with Crippen LogP contribution in [0.1, 0.15) is 25.7 Å². The third-order valence-electron chi connectivity index (χ3n) is 3.21. The summed E-state index contributed by atoms with van der Waals surface area (Å²) in [5.41, 5.74) is 0. The number of halogens is 1. The second kappa shape index (κ2) is 5.90. The van der Waals surface area contributed by atoms with Crippen LogP contribution in [0.2, 0.25) is 0 Å². The lowest BCUT2D eigenvalue weighted by atomic mass is 9.87. The van der Waals surface area contributed by atoms with E-state index in [9.17, 15) is 13.2 Å². The van der Waals surface area contributed by atoms with Crippen molar-refractivity contribution in [2.75, 3.05) is 0 Å². The fraction of sp³-hybridized carbons (Fsp3) is 0.545. The molecule has 0 spiro atoms. The number of sulfonamides is 1. The third kappa shape index (κ3) is 3.77. The first-order valence-electron chi connectivity index (χ1n) is 5.89. The molecule has 1 aliphatic carbocycles. The Balaban J connectivity index is 1.97. The van der Waals surface area contributed by atoms with Crippen LogP contribution in [0.25, 0.3) is 0 Å². The van der Waals surface area contributed by atoms with Crippen LogP contribution in [-0.2, 0) is 14.8 Å². The van der Waals surface area contributed by atoms with E-state index in [0.29, 0.717) is 25.7 Å². The molecule has 0 bridgehead atoms. The summed E-state index contributed by atoms with van der Waals surface area (Å²) in [6, 6.07) is 3.09. The summed E-state index contributed by atoms with van der Waals surface area (Å²) < 4.78 is 27.9. The first-order valence-corrected chi connectivity index (χ1v) is 8.98. The summed E-state index contributed by atoms with van der Waals surface area (Å²) in [4.78, 5) is 10.8. The monoisotopic (exact) mass is 367 g/mol. The first-order chi connectivity index (χ1) is 8.88. The summed E-state index contributed by atoms with van der Waals surface area (Å²) >= 11 is 4.40. The SMILES string of the molecule is O=C(O)C1CCC(NS(=O)(=O)c2ccc(Br)s2)CC1. The zero-order valence-electron chi connectivity index (χ0n) is 10.0. The summed E-state index contributed by atoms with van der Waals surface area (Å²) in [6.07, 6.45) is 2.19. The van der Waals surface area contributed by atoms with Crippen molar-refractivity contribution in [1.82, 2.24) is 4.72 Å². The van der Waals surface area contributed by atoms with E-state index in [2.05, 4.69) is 20.7 Å². The quantitative estimate of drug-likeness (QED) is 0.855. The minimum absolute atomic E-state index is 0.165. The van der Waals surface area contributed by atoms with Crippen molar-refractivity contribution >= 4 is 43.3 Å². The Morgan fingerprint density at radius 1 is 1.32 bits per heavy atom. The molecule has 106 valence electrons. The topological polar surface area (TPSA) is 83.5 Å². The molecule has 0 aromatic carbocycles. The van der Waals surface area contributed by atoms with Crippen molar-refractivity contribution in [2.45, 2.75) is 35.9 Å². The number of carboxylic acids is 1. The van der Waals surface area contributed by atoms with Crippen LogP contribution in [0, 0.1) is 5.92 Å². The van der Waals surface area contributed by atoms with Gasteiger partial charge in [-0.05, 0) is 53.7 Å². The van der Waals surface area contributed by atoms with E-state index in [0.717, 1.165) is 15.1 Å². The number of rotatable bonds is 4. The van der Waals surface area contributed by atoms with Gasteiger partial charge in [0.1, 0.15) is 4.21 Å². The van der Waals surface area contributed by atoms with E-state index >= 15 is 0 Å². The minimum Gasteiger partial charge on any atom is -0.481 e. The number of nitrogens with one attached hydrogen (secondary N) is 1. The Morgan fingerprint density at radius 2 is 1.95 bits per heavy atom. The molecule has 0 saturated heterocycles. The Hall–Kier alpha value is -0.440. The molecule has 1 aliphatic rings. The van der Waals surface area contributed by atoms with Crippen LogP contribution in [-0.4, -0.2) is 25.5 Å². The molecule has 2 N–H and O–H groups in total. The first kappa shape index (κ1) is 15.0. The lowest BCUT2D eigenvalue weighted by Gasteiger charge is -2.26. The second-order valence-corrected chi connectivity index (χ2v) is 8.97. The van der Waals surface area contributed by atoms with Gasteiger partial charge >= 0.3 is 5.97 Å². The van der Waals surface area contributed by atoms with E-state index in [1.165, 1.54) is 0 Å². The molecule has 8 heteroatoms. The van der Waals surface area contributed by atoms with Gasteiger partial charge in [0.25, 0.3) is 0 Å². The van der Waals surface area contributed by atoms with Gasteiger partial charge in [-0.1, -0.05) is 0 Å². The van der Waals surface area contributed by atoms with Gasteiger partial charge in [0.2, 0.25) is 10.0 Å². The van der Waals surface area contributed by atoms with Gasteiger partial charge in [0.05, 0.1) is 9.70 Å².